The van der Waals surface area contributed by atoms with Crippen molar-refractivity contribution in [2.24, 2.45) is 0 Å². The zero-order chi connectivity index (χ0) is 13.8. The van der Waals surface area contributed by atoms with E-state index in [1.165, 1.54) is 16.3 Å². The molecule has 1 heterocycles. The first kappa shape index (κ1) is 13.1. The van der Waals surface area contributed by atoms with E-state index in [2.05, 4.69) is 52.8 Å². The number of nitrogens with zero attached hydrogens (tertiary/aromatic N) is 3. The maximum atomic E-state index is 5.75. The molecule has 0 unspecified atom stereocenters. The van der Waals surface area contributed by atoms with Gasteiger partial charge in [0.2, 0.25) is 0 Å². The molecule has 0 aliphatic carbocycles. The molecular weight excluding hydrogens is 270 g/mol. The number of halogens is 1. The van der Waals surface area contributed by atoms with Gasteiger partial charge in [0.25, 0.3) is 0 Å². The number of alkyl halides is 1. The number of aryl methyl sites for hydroxylation is 1. The van der Waals surface area contributed by atoms with Crippen molar-refractivity contribution in [3.8, 4) is 0 Å². The highest BCUT2D eigenvalue weighted by atomic mass is 35.5. The SMILES string of the molecule is ClCCCc1cnnn1Cc1ccc2ccccc2c1. The van der Waals surface area contributed by atoms with Crippen molar-refractivity contribution in [3.63, 3.8) is 0 Å². The number of fused-ring (bicyclic) bond motifs is 1. The molecule has 3 nitrogen and oxygen atoms in total. The van der Waals surface area contributed by atoms with E-state index >= 15 is 0 Å². The van der Waals surface area contributed by atoms with Crippen LogP contribution in [-0.4, -0.2) is 20.9 Å². The summed E-state index contributed by atoms with van der Waals surface area (Å²) in [7, 11) is 0. The molecule has 0 aliphatic heterocycles. The summed E-state index contributed by atoms with van der Waals surface area (Å²) >= 11 is 5.75. The van der Waals surface area contributed by atoms with Gasteiger partial charge in [-0.3, -0.25) is 0 Å². The molecule has 0 saturated heterocycles. The largest absolute Gasteiger partial charge is 0.245 e. The van der Waals surface area contributed by atoms with Crippen molar-refractivity contribution in [1.82, 2.24) is 15.0 Å². The van der Waals surface area contributed by atoms with Crippen molar-refractivity contribution in [2.75, 3.05) is 5.88 Å². The monoisotopic (exact) mass is 285 g/mol. The molecule has 3 aromatic rings. The van der Waals surface area contributed by atoms with Gasteiger partial charge in [-0.25, -0.2) is 4.68 Å². The zero-order valence-electron chi connectivity index (χ0n) is 11.2. The number of rotatable bonds is 5. The second kappa shape index (κ2) is 6.06. The number of hydrogen-bond acceptors (Lipinski definition) is 2. The number of hydrogen-bond donors (Lipinski definition) is 0. The molecule has 0 N–H and O–H groups in total. The van der Waals surface area contributed by atoms with Crippen LogP contribution in [0.25, 0.3) is 10.8 Å². The third kappa shape index (κ3) is 2.83. The molecule has 3 rings (SSSR count). The van der Waals surface area contributed by atoms with Crippen molar-refractivity contribution >= 4 is 22.4 Å². The first-order valence-electron chi connectivity index (χ1n) is 6.78. The van der Waals surface area contributed by atoms with Gasteiger partial charge in [0.1, 0.15) is 0 Å². The zero-order valence-corrected chi connectivity index (χ0v) is 11.9. The van der Waals surface area contributed by atoms with Gasteiger partial charge in [-0.1, -0.05) is 41.6 Å². The summed E-state index contributed by atoms with van der Waals surface area (Å²) in [4.78, 5) is 0. The summed E-state index contributed by atoms with van der Waals surface area (Å²) in [6.07, 6.45) is 3.70. The Hall–Kier alpha value is -1.87. The van der Waals surface area contributed by atoms with Crippen molar-refractivity contribution < 1.29 is 0 Å². The average Bonchev–Trinajstić information content (AvgIpc) is 2.92. The smallest absolute Gasteiger partial charge is 0.0725 e. The third-order valence-electron chi connectivity index (χ3n) is 3.41. The van der Waals surface area contributed by atoms with Crippen LogP contribution in [0.2, 0.25) is 0 Å². The van der Waals surface area contributed by atoms with Crippen LogP contribution in [0.15, 0.2) is 48.7 Å². The Morgan fingerprint density at radius 3 is 2.75 bits per heavy atom. The van der Waals surface area contributed by atoms with Crippen LogP contribution in [0.4, 0.5) is 0 Å². The third-order valence-corrected chi connectivity index (χ3v) is 3.68. The van der Waals surface area contributed by atoms with E-state index in [1.54, 1.807) is 0 Å². The lowest BCUT2D eigenvalue weighted by molar-refractivity contribution is 0.614. The highest BCUT2D eigenvalue weighted by Crippen LogP contribution is 2.16. The normalized spacial score (nSPS) is 11.1. The van der Waals surface area contributed by atoms with Crippen LogP contribution in [-0.2, 0) is 13.0 Å². The molecule has 4 heteroatoms. The summed E-state index contributed by atoms with van der Waals surface area (Å²) in [6, 6.07) is 14.9. The summed E-state index contributed by atoms with van der Waals surface area (Å²) in [5.41, 5.74) is 2.38. The fourth-order valence-electron chi connectivity index (χ4n) is 2.36. The van der Waals surface area contributed by atoms with Crippen molar-refractivity contribution in [3.05, 3.63) is 59.9 Å². The molecule has 102 valence electrons. The van der Waals surface area contributed by atoms with E-state index in [0.717, 1.165) is 25.1 Å². The van der Waals surface area contributed by atoms with Gasteiger partial charge >= 0.3 is 0 Å². The van der Waals surface area contributed by atoms with E-state index in [9.17, 15) is 0 Å². The lowest BCUT2D eigenvalue weighted by Gasteiger charge is -2.07. The molecule has 0 spiro atoms. The van der Waals surface area contributed by atoms with Gasteiger partial charge in [0.05, 0.1) is 18.4 Å². The second-order valence-corrected chi connectivity index (χ2v) is 5.24. The molecule has 0 atom stereocenters. The molecule has 20 heavy (non-hydrogen) atoms. The summed E-state index contributed by atoms with van der Waals surface area (Å²) in [6.45, 7) is 0.752. The van der Waals surface area contributed by atoms with Crippen molar-refractivity contribution in [2.45, 2.75) is 19.4 Å². The van der Waals surface area contributed by atoms with E-state index in [-0.39, 0.29) is 0 Å². The minimum Gasteiger partial charge on any atom is -0.245 e. The molecule has 2 aromatic carbocycles. The Labute approximate surface area is 123 Å². The summed E-state index contributed by atoms with van der Waals surface area (Å²) in [5.74, 6) is 0.668. The summed E-state index contributed by atoms with van der Waals surface area (Å²) in [5, 5.41) is 10.7. The van der Waals surface area contributed by atoms with Gasteiger partial charge < -0.3 is 0 Å². The van der Waals surface area contributed by atoms with Crippen molar-refractivity contribution in [1.29, 1.82) is 0 Å². The summed E-state index contributed by atoms with van der Waals surface area (Å²) < 4.78 is 1.96. The van der Waals surface area contributed by atoms with Crippen LogP contribution < -0.4 is 0 Å². The predicted molar refractivity (Wildman–Crippen MR) is 82.1 cm³/mol. The van der Waals surface area contributed by atoms with E-state index in [0.29, 0.717) is 5.88 Å². The first-order valence-corrected chi connectivity index (χ1v) is 7.31. The van der Waals surface area contributed by atoms with Crippen LogP contribution in [0.5, 0.6) is 0 Å². The highest BCUT2D eigenvalue weighted by molar-refractivity contribution is 6.17. The Kier molecular flexibility index (Phi) is 3.97. The fraction of sp³-hybridized carbons (Fsp3) is 0.250. The minimum atomic E-state index is 0.668. The fourth-order valence-corrected chi connectivity index (χ4v) is 2.50. The van der Waals surface area contributed by atoms with Crippen LogP contribution in [0, 0.1) is 0 Å². The van der Waals surface area contributed by atoms with E-state index in [1.807, 2.05) is 10.9 Å². The Morgan fingerprint density at radius 2 is 1.90 bits per heavy atom. The Morgan fingerprint density at radius 1 is 1.05 bits per heavy atom. The van der Waals surface area contributed by atoms with E-state index in [4.69, 9.17) is 11.6 Å². The van der Waals surface area contributed by atoms with Crippen LogP contribution >= 0.6 is 11.6 Å². The quantitative estimate of drug-likeness (QED) is 0.670. The molecule has 0 bridgehead atoms. The van der Waals surface area contributed by atoms with Crippen LogP contribution in [0.3, 0.4) is 0 Å². The number of aromatic nitrogens is 3. The topological polar surface area (TPSA) is 30.7 Å². The molecule has 0 fully saturated rings. The second-order valence-electron chi connectivity index (χ2n) is 4.86. The van der Waals surface area contributed by atoms with Gasteiger partial charge in [-0.15, -0.1) is 16.7 Å². The average molecular weight is 286 g/mol. The standard InChI is InChI=1S/C16H16ClN3/c17-9-3-6-16-11-18-19-20(16)12-13-7-8-14-4-1-2-5-15(14)10-13/h1-2,4-5,7-8,10-11H,3,6,9,12H2. The Balaban J connectivity index is 1.84. The maximum absolute atomic E-state index is 5.75. The lowest BCUT2D eigenvalue weighted by Crippen LogP contribution is -2.06. The maximum Gasteiger partial charge on any atom is 0.0725 e. The Bertz CT molecular complexity index is 706. The number of benzene rings is 2. The molecule has 1 aromatic heterocycles. The van der Waals surface area contributed by atoms with Gasteiger partial charge in [-0.2, -0.15) is 0 Å². The molecule has 0 saturated carbocycles. The van der Waals surface area contributed by atoms with Gasteiger partial charge in [-0.05, 0) is 35.2 Å². The molecule has 0 aliphatic rings. The minimum absolute atomic E-state index is 0.668. The van der Waals surface area contributed by atoms with E-state index < -0.39 is 0 Å². The first-order chi connectivity index (χ1) is 9.86. The van der Waals surface area contributed by atoms with Gasteiger partial charge in [0.15, 0.2) is 0 Å². The lowest BCUT2D eigenvalue weighted by atomic mass is 10.1. The molecular formula is C16H16ClN3. The predicted octanol–water partition coefficient (Wildman–Crippen LogP) is 3.65. The molecule has 0 amide bonds. The van der Waals surface area contributed by atoms with Gasteiger partial charge in [0, 0.05) is 5.88 Å². The van der Waals surface area contributed by atoms with Crippen LogP contribution in [0.1, 0.15) is 17.7 Å². The molecule has 0 radical (unpaired) electrons. The highest BCUT2D eigenvalue weighted by Gasteiger charge is 2.05.